The van der Waals surface area contributed by atoms with Crippen LogP contribution in [0.4, 0.5) is 0 Å². The van der Waals surface area contributed by atoms with Crippen molar-refractivity contribution < 1.29 is 5.11 Å². The SMILES string of the molecule is CCC1CC1(O)c1cccnc1C. The number of pyridine rings is 1. The molecule has 1 aromatic heterocycles. The fourth-order valence-corrected chi connectivity index (χ4v) is 2.07. The van der Waals surface area contributed by atoms with Crippen molar-refractivity contribution in [3.8, 4) is 0 Å². The van der Waals surface area contributed by atoms with Crippen molar-refractivity contribution in [2.45, 2.75) is 32.3 Å². The molecule has 1 fully saturated rings. The quantitative estimate of drug-likeness (QED) is 0.749. The van der Waals surface area contributed by atoms with Gasteiger partial charge in [0.1, 0.15) is 0 Å². The highest BCUT2D eigenvalue weighted by Gasteiger charge is 2.53. The van der Waals surface area contributed by atoms with E-state index in [1.165, 1.54) is 0 Å². The molecule has 0 saturated heterocycles. The van der Waals surface area contributed by atoms with E-state index in [0.717, 1.165) is 24.1 Å². The Hall–Kier alpha value is -0.890. The summed E-state index contributed by atoms with van der Waals surface area (Å²) < 4.78 is 0. The number of aryl methyl sites for hydroxylation is 1. The van der Waals surface area contributed by atoms with Gasteiger partial charge in [0.15, 0.2) is 0 Å². The van der Waals surface area contributed by atoms with E-state index < -0.39 is 5.60 Å². The Bertz CT molecular complexity index is 324. The topological polar surface area (TPSA) is 33.1 Å². The molecule has 2 unspecified atom stereocenters. The van der Waals surface area contributed by atoms with E-state index in [1.54, 1.807) is 6.20 Å². The zero-order chi connectivity index (χ0) is 9.47. The van der Waals surface area contributed by atoms with Crippen LogP contribution in [0.5, 0.6) is 0 Å². The fraction of sp³-hybridized carbons (Fsp3) is 0.545. The van der Waals surface area contributed by atoms with Crippen molar-refractivity contribution in [2.24, 2.45) is 5.92 Å². The molecule has 2 rings (SSSR count). The Labute approximate surface area is 78.6 Å². The van der Waals surface area contributed by atoms with Crippen LogP contribution >= 0.6 is 0 Å². The highest BCUT2D eigenvalue weighted by atomic mass is 16.3. The third-order valence-corrected chi connectivity index (χ3v) is 3.04. The second kappa shape index (κ2) is 2.81. The summed E-state index contributed by atoms with van der Waals surface area (Å²) in [6.45, 7) is 4.08. The Morgan fingerprint density at radius 1 is 1.69 bits per heavy atom. The van der Waals surface area contributed by atoms with Crippen molar-refractivity contribution in [1.29, 1.82) is 0 Å². The van der Waals surface area contributed by atoms with Gasteiger partial charge < -0.3 is 5.11 Å². The van der Waals surface area contributed by atoms with Gasteiger partial charge in [-0.15, -0.1) is 0 Å². The standard InChI is InChI=1S/C11H15NO/c1-3-9-7-11(9,13)10-5-4-6-12-8(10)2/h4-6,9,13H,3,7H2,1-2H3. The molecule has 1 N–H and O–H groups in total. The third-order valence-electron chi connectivity index (χ3n) is 3.04. The lowest BCUT2D eigenvalue weighted by atomic mass is 10.0. The molecule has 1 aliphatic rings. The number of aliphatic hydroxyl groups is 1. The normalized spacial score (nSPS) is 31.8. The largest absolute Gasteiger partial charge is 0.385 e. The lowest BCUT2D eigenvalue weighted by molar-refractivity contribution is 0.129. The summed E-state index contributed by atoms with van der Waals surface area (Å²) in [4.78, 5) is 4.19. The molecular formula is C11H15NO. The minimum Gasteiger partial charge on any atom is -0.385 e. The molecule has 0 radical (unpaired) electrons. The first-order chi connectivity index (χ1) is 6.18. The van der Waals surface area contributed by atoms with Gasteiger partial charge in [0.2, 0.25) is 0 Å². The first-order valence-electron chi connectivity index (χ1n) is 4.83. The van der Waals surface area contributed by atoms with E-state index in [9.17, 15) is 5.11 Å². The summed E-state index contributed by atoms with van der Waals surface area (Å²) in [5.74, 6) is 0.440. The van der Waals surface area contributed by atoms with E-state index in [4.69, 9.17) is 0 Å². The Morgan fingerprint density at radius 3 is 3.00 bits per heavy atom. The lowest BCUT2D eigenvalue weighted by Crippen LogP contribution is -2.11. The Kier molecular flexibility index (Phi) is 1.88. The van der Waals surface area contributed by atoms with Gasteiger partial charge in [-0.3, -0.25) is 4.98 Å². The molecule has 70 valence electrons. The molecular weight excluding hydrogens is 162 g/mol. The molecule has 0 aliphatic heterocycles. The maximum Gasteiger partial charge on any atom is 0.0946 e. The molecule has 2 atom stereocenters. The molecule has 2 nitrogen and oxygen atoms in total. The fourth-order valence-electron chi connectivity index (χ4n) is 2.07. The molecule has 0 aromatic carbocycles. The van der Waals surface area contributed by atoms with Crippen molar-refractivity contribution in [1.82, 2.24) is 4.98 Å². The number of hydrogen-bond donors (Lipinski definition) is 1. The highest BCUT2D eigenvalue weighted by Crippen LogP contribution is 2.54. The van der Waals surface area contributed by atoms with E-state index in [-0.39, 0.29) is 0 Å². The van der Waals surface area contributed by atoms with Crippen molar-refractivity contribution in [2.75, 3.05) is 0 Å². The lowest BCUT2D eigenvalue weighted by Gasteiger charge is -2.12. The van der Waals surface area contributed by atoms with Gasteiger partial charge in [0.05, 0.1) is 5.60 Å². The van der Waals surface area contributed by atoms with Gasteiger partial charge in [-0.1, -0.05) is 19.4 Å². The average molecular weight is 177 g/mol. The smallest absolute Gasteiger partial charge is 0.0946 e. The number of aromatic nitrogens is 1. The summed E-state index contributed by atoms with van der Waals surface area (Å²) in [7, 11) is 0. The number of nitrogens with zero attached hydrogens (tertiary/aromatic N) is 1. The minimum atomic E-state index is -0.562. The van der Waals surface area contributed by atoms with Gasteiger partial charge in [-0.2, -0.15) is 0 Å². The predicted molar refractivity (Wildman–Crippen MR) is 51.3 cm³/mol. The zero-order valence-electron chi connectivity index (χ0n) is 8.12. The minimum absolute atomic E-state index is 0.440. The molecule has 0 bridgehead atoms. The van der Waals surface area contributed by atoms with Gasteiger partial charge in [0.25, 0.3) is 0 Å². The second-order valence-corrected chi connectivity index (χ2v) is 3.87. The molecule has 1 saturated carbocycles. The van der Waals surface area contributed by atoms with Gasteiger partial charge in [-0.25, -0.2) is 0 Å². The Balaban J connectivity index is 2.32. The third kappa shape index (κ3) is 1.25. The van der Waals surface area contributed by atoms with Crippen LogP contribution < -0.4 is 0 Å². The monoisotopic (exact) mass is 177 g/mol. The number of rotatable bonds is 2. The van der Waals surface area contributed by atoms with Crippen LogP contribution in [0.15, 0.2) is 18.3 Å². The zero-order valence-corrected chi connectivity index (χ0v) is 8.12. The number of hydrogen-bond acceptors (Lipinski definition) is 2. The molecule has 1 heterocycles. The average Bonchev–Trinajstić information content (AvgIpc) is 2.79. The van der Waals surface area contributed by atoms with Gasteiger partial charge in [0, 0.05) is 17.5 Å². The predicted octanol–water partition coefficient (Wildman–Crippen LogP) is 2.01. The summed E-state index contributed by atoms with van der Waals surface area (Å²) >= 11 is 0. The molecule has 13 heavy (non-hydrogen) atoms. The molecule has 0 amide bonds. The van der Waals surface area contributed by atoms with Crippen LogP contribution in [0.1, 0.15) is 31.0 Å². The van der Waals surface area contributed by atoms with E-state index in [0.29, 0.717) is 5.92 Å². The maximum absolute atomic E-state index is 10.2. The first-order valence-corrected chi connectivity index (χ1v) is 4.83. The highest BCUT2D eigenvalue weighted by molar-refractivity contribution is 5.32. The van der Waals surface area contributed by atoms with Crippen molar-refractivity contribution in [3.05, 3.63) is 29.6 Å². The molecule has 2 heteroatoms. The van der Waals surface area contributed by atoms with Crippen LogP contribution in [-0.2, 0) is 5.60 Å². The molecule has 0 spiro atoms. The summed E-state index contributed by atoms with van der Waals surface area (Å²) in [6.07, 6.45) is 3.71. The van der Waals surface area contributed by atoms with E-state index >= 15 is 0 Å². The summed E-state index contributed by atoms with van der Waals surface area (Å²) in [5, 5.41) is 10.2. The van der Waals surface area contributed by atoms with Crippen molar-refractivity contribution in [3.63, 3.8) is 0 Å². The van der Waals surface area contributed by atoms with E-state index in [1.807, 2.05) is 19.1 Å². The first kappa shape index (κ1) is 8.70. The van der Waals surface area contributed by atoms with Gasteiger partial charge in [-0.05, 0) is 25.3 Å². The maximum atomic E-state index is 10.2. The van der Waals surface area contributed by atoms with Crippen LogP contribution in [0.2, 0.25) is 0 Å². The van der Waals surface area contributed by atoms with Crippen LogP contribution in [0.25, 0.3) is 0 Å². The van der Waals surface area contributed by atoms with Crippen LogP contribution in [-0.4, -0.2) is 10.1 Å². The van der Waals surface area contributed by atoms with Crippen LogP contribution in [0, 0.1) is 12.8 Å². The summed E-state index contributed by atoms with van der Waals surface area (Å²) in [5.41, 5.74) is 1.41. The van der Waals surface area contributed by atoms with Crippen LogP contribution in [0.3, 0.4) is 0 Å². The van der Waals surface area contributed by atoms with Crippen molar-refractivity contribution >= 4 is 0 Å². The van der Waals surface area contributed by atoms with Gasteiger partial charge >= 0.3 is 0 Å². The molecule has 1 aliphatic carbocycles. The molecule has 1 aromatic rings. The second-order valence-electron chi connectivity index (χ2n) is 3.87. The Morgan fingerprint density at radius 2 is 2.46 bits per heavy atom. The van der Waals surface area contributed by atoms with E-state index in [2.05, 4.69) is 11.9 Å². The summed E-state index contributed by atoms with van der Waals surface area (Å²) in [6, 6.07) is 3.88.